The van der Waals surface area contributed by atoms with Gasteiger partial charge in [0, 0.05) is 26.2 Å². The van der Waals surface area contributed by atoms with E-state index in [1.54, 1.807) is 16.7 Å². The lowest BCUT2D eigenvalue weighted by Gasteiger charge is -2.45. The number of amides is 2. The summed E-state index contributed by atoms with van der Waals surface area (Å²) in [5.41, 5.74) is -1.08. The Hall–Kier alpha value is -1.30. The number of ether oxygens (including phenoxy) is 1. The van der Waals surface area contributed by atoms with Crippen molar-refractivity contribution in [2.45, 2.75) is 57.6 Å². The van der Waals surface area contributed by atoms with Crippen LogP contribution in [0.1, 0.15) is 46.0 Å². The number of carboxylic acids is 1. The van der Waals surface area contributed by atoms with Crippen molar-refractivity contribution in [1.82, 2.24) is 9.80 Å². The highest BCUT2D eigenvalue weighted by Crippen LogP contribution is 2.30. The summed E-state index contributed by atoms with van der Waals surface area (Å²) in [6.07, 6.45) is 4.21. The molecule has 0 aliphatic carbocycles. The Morgan fingerprint density at radius 3 is 2.71 bits per heavy atom. The summed E-state index contributed by atoms with van der Waals surface area (Å²) in [4.78, 5) is 27.7. The number of hydrogen-bond acceptors (Lipinski definition) is 3. The maximum Gasteiger partial charge on any atom is 0.329 e. The molecule has 0 bridgehead atoms. The van der Waals surface area contributed by atoms with Crippen LogP contribution in [0.3, 0.4) is 0 Å². The minimum absolute atomic E-state index is 0.0774. The number of rotatable bonds is 3. The summed E-state index contributed by atoms with van der Waals surface area (Å²) in [5, 5.41) is 9.51. The summed E-state index contributed by atoms with van der Waals surface area (Å²) in [7, 11) is 0. The van der Waals surface area contributed by atoms with E-state index in [0.29, 0.717) is 32.7 Å². The Labute approximate surface area is 126 Å². The van der Waals surface area contributed by atoms with E-state index in [9.17, 15) is 14.7 Å². The molecule has 2 rings (SSSR count). The van der Waals surface area contributed by atoms with E-state index in [1.165, 1.54) is 0 Å². The molecule has 0 aromatic heterocycles. The van der Waals surface area contributed by atoms with Crippen LogP contribution in [-0.4, -0.2) is 64.8 Å². The molecule has 2 unspecified atom stereocenters. The first-order valence-electron chi connectivity index (χ1n) is 7.90. The maximum atomic E-state index is 12.8. The third-order valence-corrected chi connectivity index (χ3v) is 4.63. The number of aliphatic carboxylic acids is 1. The minimum atomic E-state index is -1.08. The quantitative estimate of drug-likeness (QED) is 0.864. The number of hydrogen-bond donors (Lipinski definition) is 1. The number of carbonyl (C=O) groups is 2. The lowest BCUT2D eigenvalue weighted by atomic mass is 9.88. The van der Waals surface area contributed by atoms with Crippen LogP contribution in [0, 0.1) is 0 Å². The van der Waals surface area contributed by atoms with Crippen molar-refractivity contribution < 1.29 is 19.4 Å². The van der Waals surface area contributed by atoms with Gasteiger partial charge in [0.05, 0.1) is 6.10 Å². The van der Waals surface area contributed by atoms with Gasteiger partial charge in [-0.3, -0.25) is 0 Å². The highest BCUT2D eigenvalue weighted by Gasteiger charge is 2.45. The SMILES string of the molecule is CCOC1CCCN(C(=O)N2CCCCC2(C)C(=O)O)C1. The van der Waals surface area contributed by atoms with Gasteiger partial charge in [0.25, 0.3) is 0 Å². The van der Waals surface area contributed by atoms with Crippen molar-refractivity contribution in [3.05, 3.63) is 0 Å². The number of carboxylic acid groups (broad SMARTS) is 1. The highest BCUT2D eigenvalue weighted by molar-refractivity contribution is 5.86. The summed E-state index contributed by atoms with van der Waals surface area (Å²) >= 11 is 0. The first kappa shape index (κ1) is 16.1. The highest BCUT2D eigenvalue weighted by atomic mass is 16.5. The molecule has 0 spiro atoms. The van der Waals surface area contributed by atoms with Gasteiger partial charge in [0.1, 0.15) is 5.54 Å². The van der Waals surface area contributed by atoms with Crippen LogP contribution in [0.4, 0.5) is 4.79 Å². The molecule has 2 aliphatic heterocycles. The fourth-order valence-corrected chi connectivity index (χ4v) is 3.30. The van der Waals surface area contributed by atoms with E-state index >= 15 is 0 Å². The van der Waals surface area contributed by atoms with E-state index in [4.69, 9.17) is 4.74 Å². The fraction of sp³-hybridized carbons (Fsp3) is 0.867. The molecule has 2 amide bonds. The number of nitrogens with zero attached hydrogens (tertiary/aromatic N) is 2. The molecule has 2 saturated heterocycles. The first-order chi connectivity index (χ1) is 9.99. The van der Waals surface area contributed by atoms with Crippen LogP contribution in [0.25, 0.3) is 0 Å². The zero-order valence-electron chi connectivity index (χ0n) is 13.0. The molecule has 2 heterocycles. The van der Waals surface area contributed by atoms with Crippen molar-refractivity contribution in [2.24, 2.45) is 0 Å². The average Bonchev–Trinajstić information content (AvgIpc) is 2.47. The van der Waals surface area contributed by atoms with E-state index < -0.39 is 11.5 Å². The Balaban J connectivity index is 2.08. The zero-order chi connectivity index (χ0) is 15.5. The molecule has 21 heavy (non-hydrogen) atoms. The van der Waals surface area contributed by atoms with E-state index in [1.807, 2.05) is 6.92 Å². The van der Waals surface area contributed by atoms with Gasteiger partial charge in [-0.2, -0.15) is 0 Å². The summed E-state index contributed by atoms with van der Waals surface area (Å²) in [6.45, 7) is 6.04. The monoisotopic (exact) mass is 298 g/mol. The first-order valence-corrected chi connectivity index (χ1v) is 7.90. The maximum absolute atomic E-state index is 12.8. The van der Waals surface area contributed by atoms with Crippen LogP contribution >= 0.6 is 0 Å². The van der Waals surface area contributed by atoms with Crippen molar-refractivity contribution in [1.29, 1.82) is 0 Å². The van der Waals surface area contributed by atoms with Crippen LogP contribution in [0.5, 0.6) is 0 Å². The fourth-order valence-electron chi connectivity index (χ4n) is 3.30. The Morgan fingerprint density at radius 2 is 2.05 bits per heavy atom. The Morgan fingerprint density at radius 1 is 1.29 bits per heavy atom. The second-order valence-corrected chi connectivity index (χ2v) is 6.14. The number of carbonyl (C=O) groups excluding carboxylic acids is 1. The van der Waals surface area contributed by atoms with Crippen LogP contribution in [0.15, 0.2) is 0 Å². The molecule has 0 aromatic rings. The largest absolute Gasteiger partial charge is 0.480 e. The van der Waals surface area contributed by atoms with Crippen molar-refractivity contribution in [2.75, 3.05) is 26.2 Å². The molecule has 0 aromatic carbocycles. The van der Waals surface area contributed by atoms with Gasteiger partial charge in [0.2, 0.25) is 0 Å². The summed E-state index contributed by atoms with van der Waals surface area (Å²) < 4.78 is 5.62. The molecule has 2 atom stereocenters. The predicted molar refractivity (Wildman–Crippen MR) is 78.2 cm³/mol. The van der Waals surface area contributed by atoms with Crippen LogP contribution in [-0.2, 0) is 9.53 Å². The number of likely N-dealkylation sites (tertiary alicyclic amines) is 2. The van der Waals surface area contributed by atoms with Crippen LogP contribution < -0.4 is 0 Å². The standard InChI is InChI=1S/C15H26N2O4/c1-3-21-12-7-6-9-16(11-12)14(20)17-10-5-4-8-15(17,2)13(18)19/h12H,3-11H2,1-2H3,(H,18,19). The molecule has 1 N–H and O–H groups in total. The van der Waals surface area contributed by atoms with Crippen molar-refractivity contribution in [3.8, 4) is 0 Å². The van der Waals surface area contributed by atoms with Gasteiger partial charge in [-0.15, -0.1) is 0 Å². The molecule has 6 heteroatoms. The lowest BCUT2D eigenvalue weighted by Crippen LogP contribution is -2.61. The Kier molecular flexibility index (Phi) is 5.08. The van der Waals surface area contributed by atoms with E-state index in [0.717, 1.165) is 25.7 Å². The number of urea groups is 1. The van der Waals surface area contributed by atoms with Crippen molar-refractivity contribution >= 4 is 12.0 Å². The third-order valence-electron chi connectivity index (χ3n) is 4.63. The zero-order valence-corrected chi connectivity index (χ0v) is 13.0. The topological polar surface area (TPSA) is 70.1 Å². The average molecular weight is 298 g/mol. The molecule has 0 saturated carbocycles. The molecule has 2 fully saturated rings. The minimum Gasteiger partial charge on any atom is -0.480 e. The van der Waals surface area contributed by atoms with Gasteiger partial charge >= 0.3 is 12.0 Å². The van der Waals surface area contributed by atoms with Crippen molar-refractivity contribution in [3.63, 3.8) is 0 Å². The number of piperidine rings is 2. The molecular formula is C15H26N2O4. The van der Waals surface area contributed by atoms with Gasteiger partial charge in [-0.25, -0.2) is 9.59 Å². The molecule has 0 radical (unpaired) electrons. The van der Waals surface area contributed by atoms with Gasteiger partial charge in [0.15, 0.2) is 0 Å². The van der Waals surface area contributed by atoms with E-state index in [2.05, 4.69) is 0 Å². The second-order valence-electron chi connectivity index (χ2n) is 6.14. The molecule has 2 aliphatic rings. The molecular weight excluding hydrogens is 272 g/mol. The van der Waals surface area contributed by atoms with Crippen LogP contribution in [0.2, 0.25) is 0 Å². The second kappa shape index (κ2) is 6.64. The van der Waals surface area contributed by atoms with E-state index in [-0.39, 0.29) is 12.1 Å². The summed E-state index contributed by atoms with van der Waals surface area (Å²) in [6, 6.07) is -0.149. The molecule has 6 nitrogen and oxygen atoms in total. The predicted octanol–water partition coefficient (Wildman–Crippen LogP) is 1.94. The third kappa shape index (κ3) is 3.31. The van der Waals surface area contributed by atoms with Gasteiger partial charge in [-0.1, -0.05) is 0 Å². The smallest absolute Gasteiger partial charge is 0.329 e. The lowest BCUT2D eigenvalue weighted by molar-refractivity contribution is -0.151. The van der Waals surface area contributed by atoms with Gasteiger partial charge in [-0.05, 0) is 46.0 Å². The normalized spacial score (nSPS) is 30.3. The molecule has 120 valence electrons. The summed E-state index contributed by atoms with van der Waals surface area (Å²) in [5.74, 6) is -0.908. The van der Waals surface area contributed by atoms with Gasteiger partial charge < -0.3 is 19.6 Å². The Bertz CT molecular complexity index is 399.